The highest BCUT2D eigenvalue weighted by atomic mass is 14.9. The van der Waals surface area contributed by atoms with Gasteiger partial charge in [-0.05, 0) is 31.2 Å². The Bertz CT molecular complexity index is 121. The maximum Gasteiger partial charge on any atom is 0.0118 e. The molecule has 0 aromatic carbocycles. The van der Waals surface area contributed by atoms with Crippen LogP contribution in [0.1, 0.15) is 66.7 Å². The van der Waals surface area contributed by atoms with Gasteiger partial charge in [-0.3, -0.25) is 0 Å². The largest absolute Gasteiger partial charge is 0.313 e. The van der Waals surface area contributed by atoms with Crippen LogP contribution in [0, 0.1) is 5.41 Å². The molecule has 0 fully saturated rings. The highest BCUT2D eigenvalue weighted by molar-refractivity contribution is 4.82. The summed E-state index contributed by atoms with van der Waals surface area (Å²) in [4.78, 5) is 0. The van der Waals surface area contributed by atoms with Gasteiger partial charge in [0.25, 0.3) is 0 Å². The topological polar surface area (TPSA) is 12.0 Å². The first-order valence-corrected chi connectivity index (χ1v) is 6.31. The predicted molar refractivity (Wildman–Crippen MR) is 65.7 cm³/mol. The molecule has 0 radical (unpaired) electrons. The summed E-state index contributed by atoms with van der Waals surface area (Å²) < 4.78 is 0. The lowest BCUT2D eigenvalue weighted by atomic mass is 9.79. The predicted octanol–water partition coefficient (Wildman–Crippen LogP) is 3.98. The van der Waals surface area contributed by atoms with Gasteiger partial charge in [0.2, 0.25) is 0 Å². The van der Waals surface area contributed by atoms with E-state index >= 15 is 0 Å². The fourth-order valence-corrected chi connectivity index (χ4v) is 1.74. The van der Waals surface area contributed by atoms with E-state index in [1.807, 2.05) is 0 Å². The van der Waals surface area contributed by atoms with Crippen molar-refractivity contribution < 1.29 is 0 Å². The Morgan fingerprint density at radius 1 is 1.07 bits per heavy atom. The third-order valence-corrected chi connectivity index (χ3v) is 3.34. The number of hydrogen-bond acceptors (Lipinski definition) is 1. The van der Waals surface area contributed by atoms with Crippen LogP contribution >= 0.6 is 0 Å². The molecular formula is C13H29N. The van der Waals surface area contributed by atoms with E-state index in [9.17, 15) is 0 Å². The zero-order chi connectivity index (χ0) is 11.0. The van der Waals surface area contributed by atoms with Gasteiger partial charge in [-0.1, -0.05) is 47.5 Å². The Labute approximate surface area is 90.7 Å². The van der Waals surface area contributed by atoms with Gasteiger partial charge in [0.15, 0.2) is 0 Å². The molecule has 0 aromatic rings. The van der Waals surface area contributed by atoms with Crippen molar-refractivity contribution in [1.29, 1.82) is 0 Å². The summed E-state index contributed by atoms with van der Waals surface area (Å²) in [5.74, 6) is 0. The van der Waals surface area contributed by atoms with Gasteiger partial charge in [0.05, 0.1) is 0 Å². The van der Waals surface area contributed by atoms with Gasteiger partial charge in [0.1, 0.15) is 0 Å². The quantitative estimate of drug-likeness (QED) is 0.623. The molecule has 0 saturated heterocycles. The van der Waals surface area contributed by atoms with Gasteiger partial charge in [-0.25, -0.2) is 0 Å². The fraction of sp³-hybridized carbons (Fsp3) is 1.00. The minimum Gasteiger partial charge on any atom is -0.313 e. The third-order valence-electron chi connectivity index (χ3n) is 3.34. The van der Waals surface area contributed by atoms with Crippen molar-refractivity contribution in [3.05, 3.63) is 0 Å². The third kappa shape index (κ3) is 4.99. The Morgan fingerprint density at radius 3 is 2.14 bits per heavy atom. The number of hydrogen-bond donors (Lipinski definition) is 1. The van der Waals surface area contributed by atoms with Crippen LogP contribution in [0.4, 0.5) is 0 Å². The van der Waals surface area contributed by atoms with Crippen molar-refractivity contribution in [3.8, 4) is 0 Å². The highest BCUT2D eigenvalue weighted by Crippen LogP contribution is 2.28. The van der Waals surface area contributed by atoms with Crippen LogP contribution in [0.15, 0.2) is 0 Å². The molecule has 0 spiro atoms. The lowest BCUT2D eigenvalue weighted by molar-refractivity contribution is 0.217. The number of nitrogens with one attached hydrogen (secondary N) is 1. The maximum absolute atomic E-state index is 3.70. The number of unbranched alkanes of at least 4 members (excludes halogenated alkanes) is 1. The van der Waals surface area contributed by atoms with Gasteiger partial charge < -0.3 is 5.32 Å². The zero-order valence-corrected chi connectivity index (χ0v) is 10.8. The summed E-state index contributed by atoms with van der Waals surface area (Å²) in [5.41, 5.74) is 0.449. The molecule has 0 aliphatic heterocycles. The number of rotatable bonds is 8. The van der Waals surface area contributed by atoms with Crippen LogP contribution in [0.3, 0.4) is 0 Å². The lowest BCUT2D eigenvalue weighted by Gasteiger charge is -2.34. The lowest BCUT2D eigenvalue weighted by Crippen LogP contribution is -2.42. The van der Waals surface area contributed by atoms with Gasteiger partial charge in [-0.15, -0.1) is 0 Å². The molecule has 0 rings (SSSR count). The molecule has 86 valence electrons. The molecule has 0 aliphatic carbocycles. The average Bonchev–Trinajstić information content (AvgIpc) is 2.17. The Morgan fingerprint density at radius 2 is 1.71 bits per heavy atom. The maximum atomic E-state index is 3.70. The van der Waals surface area contributed by atoms with Crippen LogP contribution in [-0.2, 0) is 0 Å². The summed E-state index contributed by atoms with van der Waals surface area (Å²) in [6.45, 7) is 12.7. The summed E-state index contributed by atoms with van der Waals surface area (Å²) in [7, 11) is 0. The van der Waals surface area contributed by atoms with E-state index in [2.05, 4.69) is 39.9 Å². The Hall–Kier alpha value is -0.0400. The van der Waals surface area contributed by atoms with Crippen LogP contribution in [0.5, 0.6) is 0 Å². The first kappa shape index (κ1) is 14.0. The average molecular weight is 199 g/mol. The van der Waals surface area contributed by atoms with Crippen LogP contribution in [0.25, 0.3) is 0 Å². The molecule has 1 atom stereocenters. The first-order chi connectivity index (χ1) is 6.58. The van der Waals surface area contributed by atoms with Crippen LogP contribution < -0.4 is 5.32 Å². The van der Waals surface area contributed by atoms with Crippen molar-refractivity contribution >= 4 is 0 Å². The van der Waals surface area contributed by atoms with Gasteiger partial charge in [0, 0.05) is 6.04 Å². The van der Waals surface area contributed by atoms with Gasteiger partial charge >= 0.3 is 0 Å². The van der Waals surface area contributed by atoms with Gasteiger partial charge in [-0.2, -0.15) is 0 Å². The smallest absolute Gasteiger partial charge is 0.0118 e. The zero-order valence-electron chi connectivity index (χ0n) is 10.8. The van der Waals surface area contributed by atoms with Crippen LogP contribution in [-0.4, -0.2) is 12.6 Å². The second kappa shape index (κ2) is 7.28. The summed E-state index contributed by atoms with van der Waals surface area (Å²) in [6, 6.07) is 0.701. The highest BCUT2D eigenvalue weighted by Gasteiger charge is 2.26. The summed E-state index contributed by atoms with van der Waals surface area (Å²) >= 11 is 0. The molecular weight excluding hydrogens is 170 g/mol. The van der Waals surface area contributed by atoms with E-state index in [1.54, 1.807) is 0 Å². The fourth-order valence-electron chi connectivity index (χ4n) is 1.74. The minimum absolute atomic E-state index is 0.449. The molecule has 14 heavy (non-hydrogen) atoms. The second-order valence-electron chi connectivity index (χ2n) is 4.99. The molecule has 0 heterocycles. The molecule has 1 unspecified atom stereocenters. The molecule has 1 nitrogen and oxygen atoms in total. The Balaban J connectivity index is 4.08. The monoisotopic (exact) mass is 199 g/mol. The van der Waals surface area contributed by atoms with E-state index < -0.39 is 0 Å². The van der Waals surface area contributed by atoms with E-state index in [-0.39, 0.29) is 0 Å². The van der Waals surface area contributed by atoms with E-state index in [0.717, 1.165) is 6.54 Å². The molecule has 0 aromatic heterocycles. The molecule has 0 aliphatic rings. The SMILES string of the molecule is CCCCC(NCCC)C(C)(C)CC. The summed E-state index contributed by atoms with van der Waals surface area (Å²) in [6.07, 6.45) is 6.49. The molecule has 1 N–H and O–H groups in total. The van der Waals surface area contributed by atoms with E-state index in [1.165, 1.54) is 32.1 Å². The second-order valence-corrected chi connectivity index (χ2v) is 4.99. The van der Waals surface area contributed by atoms with Crippen LogP contribution in [0.2, 0.25) is 0 Å². The van der Waals surface area contributed by atoms with Crippen molar-refractivity contribution in [1.82, 2.24) is 5.32 Å². The van der Waals surface area contributed by atoms with Crippen molar-refractivity contribution in [2.75, 3.05) is 6.54 Å². The molecule has 0 amide bonds. The van der Waals surface area contributed by atoms with E-state index in [4.69, 9.17) is 0 Å². The standard InChI is InChI=1S/C13H29N/c1-6-9-10-12(14-11-7-2)13(4,5)8-3/h12,14H,6-11H2,1-5H3. The van der Waals surface area contributed by atoms with Crippen molar-refractivity contribution in [2.45, 2.75) is 72.8 Å². The molecule has 0 saturated carbocycles. The van der Waals surface area contributed by atoms with Crippen molar-refractivity contribution in [2.24, 2.45) is 5.41 Å². The Kier molecular flexibility index (Phi) is 7.26. The molecule has 1 heteroatoms. The van der Waals surface area contributed by atoms with E-state index in [0.29, 0.717) is 11.5 Å². The first-order valence-electron chi connectivity index (χ1n) is 6.31. The minimum atomic E-state index is 0.449. The normalized spacial score (nSPS) is 14.4. The van der Waals surface area contributed by atoms with Crippen molar-refractivity contribution in [3.63, 3.8) is 0 Å². The molecule has 0 bridgehead atoms. The summed E-state index contributed by atoms with van der Waals surface area (Å²) in [5, 5.41) is 3.70.